The number of benzene rings is 1. The van der Waals surface area contributed by atoms with Gasteiger partial charge in [-0.1, -0.05) is 30.3 Å². The van der Waals surface area contributed by atoms with Crippen molar-refractivity contribution in [3.8, 4) is 0 Å². The van der Waals surface area contributed by atoms with Gasteiger partial charge in [-0.25, -0.2) is 0 Å². The standard InChI is InChI=1S/C13H18N2O/c1-16-12-9-5-8-11(12)15-13(14)10-6-3-2-4-7-10/h2-4,6-7,11-12H,5,8-9H2,1H3,(H2,14,15). The Morgan fingerprint density at radius 1 is 1.31 bits per heavy atom. The molecule has 16 heavy (non-hydrogen) atoms. The van der Waals surface area contributed by atoms with Crippen LogP contribution in [0.1, 0.15) is 24.8 Å². The molecular formula is C13H18N2O. The molecule has 0 radical (unpaired) electrons. The second-order valence-corrected chi connectivity index (χ2v) is 4.15. The zero-order chi connectivity index (χ0) is 11.4. The van der Waals surface area contributed by atoms with E-state index in [1.54, 1.807) is 7.11 Å². The van der Waals surface area contributed by atoms with E-state index in [2.05, 4.69) is 4.99 Å². The number of nitrogens with two attached hydrogens (primary N) is 1. The SMILES string of the molecule is COC1CCCC1N=C(N)c1ccccc1. The van der Waals surface area contributed by atoms with Gasteiger partial charge >= 0.3 is 0 Å². The van der Waals surface area contributed by atoms with E-state index in [0.717, 1.165) is 18.4 Å². The van der Waals surface area contributed by atoms with E-state index in [4.69, 9.17) is 10.5 Å². The van der Waals surface area contributed by atoms with Gasteiger partial charge in [-0.2, -0.15) is 0 Å². The molecule has 1 aliphatic carbocycles. The highest BCUT2D eigenvalue weighted by atomic mass is 16.5. The molecule has 0 heterocycles. The molecular weight excluding hydrogens is 200 g/mol. The fourth-order valence-corrected chi connectivity index (χ4v) is 2.19. The summed E-state index contributed by atoms with van der Waals surface area (Å²) in [6.45, 7) is 0. The topological polar surface area (TPSA) is 47.6 Å². The van der Waals surface area contributed by atoms with E-state index >= 15 is 0 Å². The van der Waals surface area contributed by atoms with Crippen LogP contribution in [0.2, 0.25) is 0 Å². The Hall–Kier alpha value is -1.35. The first-order valence-electron chi connectivity index (χ1n) is 5.72. The molecule has 3 heteroatoms. The fraction of sp³-hybridized carbons (Fsp3) is 0.462. The Morgan fingerprint density at radius 2 is 2.06 bits per heavy atom. The van der Waals surface area contributed by atoms with Crippen molar-refractivity contribution >= 4 is 5.84 Å². The van der Waals surface area contributed by atoms with E-state index in [-0.39, 0.29) is 12.1 Å². The lowest BCUT2D eigenvalue weighted by Crippen LogP contribution is -2.24. The van der Waals surface area contributed by atoms with Crippen LogP contribution in [-0.4, -0.2) is 25.1 Å². The predicted octanol–water partition coefficient (Wildman–Crippen LogP) is 1.96. The number of aliphatic imine (C=N–C) groups is 1. The van der Waals surface area contributed by atoms with Gasteiger partial charge in [-0.3, -0.25) is 4.99 Å². The summed E-state index contributed by atoms with van der Waals surface area (Å²) in [5.74, 6) is 0.620. The Balaban J connectivity index is 2.12. The highest BCUT2D eigenvalue weighted by molar-refractivity contribution is 5.97. The lowest BCUT2D eigenvalue weighted by atomic mass is 10.2. The summed E-state index contributed by atoms with van der Waals surface area (Å²) in [6.07, 6.45) is 3.58. The van der Waals surface area contributed by atoms with Crippen LogP contribution in [0.15, 0.2) is 35.3 Å². The van der Waals surface area contributed by atoms with Gasteiger partial charge in [-0.05, 0) is 19.3 Å². The van der Waals surface area contributed by atoms with Crippen LogP contribution in [-0.2, 0) is 4.74 Å². The predicted molar refractivity (Wildman–Crippen MR) is 65.6 cm³/mol. The summed E-state index contributed by atoms with van der Waals surface area (Å²) in [5, 5.41) is 0. The van der Waals surface area contributed by atoms with Crippen LogP contribution in [0, 0.1) is 0 Å². The number of amidine groups is 1. The van der Waals surface area contributed by atoms with Crippen molar-refractivity contribution in [1.82, 2.24) is 0 Å². The van der Waals surface area contributed by atoms with E-state index in [9.17, 15) is 0 Å². The van der Waals surface area contributed by atoms with Crippen molar-refractivity contribution < 1.29 is 4.74 Å². The molecule has 0 bridgehead atoms. The van der Waals surface area contributed by atoms with E-state index in [0.29, 0.717) is 5.84 Å². The number of hydrogen-bond donors (Lipinski definition) is 1. The van der Waals surface area contributed by atoms with Gasteiger partial charge in [0.05, 0.1) is 12.1 Å². The monoisotopic (exact) mass is 218 g/mol. The molecule has 1 aromatic carbocycles. The summed E-state index contributed by atoms with van der Waals surface area (Å²) in [4.78, 5) is 4.57. The molecule has 0 aromatic heterocycles. The van der Waals surface area contributed by atoms with E-state index < -0.39 is 0 Å². The van der Waals surface area contributed by atoms with E-state index in [1.807, 2.05) is 30.3 Å². The maximum absolute atomic E-state index is 5.99. The minimum absolute atomic E-state index is 0.227. The molecule has 0 spiro atoms. The van der Waals surface area contributed by atoms with Crippen LogP contribution in [0.3, 0.4) is 0 Å². The van der Waals surface area contributed by atoms with Crippen LogP contribution in [0.4, 0.5) is 0 Å². The Kier molecular flexibility index (Phi) is 3.57. The lowest BCUT2D eigenvalue weighted by molar-refractivity contribution is 0.0966. The summed E-state index contributed by atoms with van der Waals surface area (Å²) in [6, 6.07) is 10.1. The Labute approximate surface area is 96.3 Å². The van der Waals surface area contributed by atoms with Crippen molar-refractivity contribution in [2.75, 3.05) is 7.11 Å². The number of hydrogen-bond acceptors (Lipinski definition) is 2. The molecule has 1 fully saturated rings. The summed E-state index contributed by atoms with van der Waals surface area (Å²) >= 11 is 0. The quantitative estimate of drug-likeness (QED) is 0.622. The summed E-state index contributed by atoms with van der Waals surface area (Å²) in [5.41, 5.74) is 6.98. The van der Waals surface area contributed by atoms with Gasteiger partial charge in [-0.15, -0.1) is 0 Å². The summed E-state index contributed by atoms with van der Waals surface area (Å²) in [7, 11) is 1.75. The van der Waals surface area contributed by atoms with Gasteiger partial charge in [0.25, 0.3) is 0 Å². The van der Waals surface area contributed by atoms with Crippen molar-refractivity contribution in [2.45, 2.75) is 31.4 Å². The minimum atomic E-state index is 0.227. The maximum atomic E-state index is 5.99. The molecule has 2 atom stereocenters. The van der Waals surface area contributed by atoms with Gasteiger partial charge in [0, 0.05) is 12.7 Å². The Morgan fingerprint density at radius 3 is 2.75 bits per heavy atom. The van der Waals surface area contributed by atoms with Gasteiger partial charge in [0.15, 0.2) is 0 Å². The third-order valence-corrected chi connectivity index (χ3v) is 3.09. The third-order valence-electron chi connectivity index (χ3n) is 3.09. The largest absolute Gasteiger partial charge is 0.383 e. The van der Waals surface area contributed by atoms with Crippen LogP contribution in [0.25, 0.3) is 0 Å². The lowest BCUT2D eigenvalue weighted by Gasteiger charge is -2.14. The molecule has 0 amide bonds. The highest BCUT2D eigenvalue weighted by Gasteiger charge is 2.26. The molecule has 1 aliphatic rings. The molecule has 1 aromatic rings. The molecule has 0 aliphatic heterocycles. The fourth-order valence-electron chi connectivity index (χ4n) is 2.19. The molecule has 0 saturated heterocycles. The third kappa shape index (κ3) is 2.42. The average Bonchev–Trinajstić information content (AvgIpc) is 2.77. The van der Waals surface area contributed by atoms with Gasteiger partial charge < -0.3 is 10.5 Å². The minimum Gasteiger partial charge on any atom is -0.383 e. The summed E-state index contributed by atoms with van der Waals surface area (Å²) < 4.78 is 5.40. The normalized spacial score (nSPS) is 25.9. The average molecular weight is 218 g/mol. The van der Waals surface area contributed by atoms with Gasteiger partial charge in [0.1, 0.15) is 5.84 Å². The zero-order valence-corrected chi connectivity index (χ0v) is 9.60. The van der Waals surface area contributed by atoms with Gasteiger partial charge in [0.2, 0.25) is 0 Å². The molecule has 2 rings (SSSR count). The second kappa shape index (κ2) is 5.12. The first-order chi connectivity index (χ1) is 7.81. The zero-order valence-electron chi connectivity index (χ0n) is 9.60. The van der Waals surface area contributed by atoms with Crippen LogP contribution >= 0.6 is 0 Å². The van der Waals surface area contributed by atoms with Crippen molar-refractivity contribution in [1.29, 1.82) is 0 Å². The van der Waals surface area contributed by atoms with Crippen molar-refractivity contribution in [3.05, 3.63) is 35.9 Å². The van der Waals surface area contributed by atoms with E-state index in [1.165, 1.54) is 6.42 Å². The molecule has 2 N–H and O–H groups in total. The molecule has 3 nitrogen and oxygen atoms in total. The number of methoxy groups -OCH3 is 1. The van der Waals surface area contributed by atoms with Crippen LogP contribution in [0.5, 0.6) is 0 Å². The molecule has 2 unspecified atom stereocenters. The number of rotatable bonds is 3. The maximum Gasteiger partial charge on any atom is 0.125 e. The second-order valence-electron chi connectivity index (χ2n) is 4.15. The van der Waals surface area contributed by atoms with Crippen molar-refractivity contribution in [2.24, 2.45) is 10.7 Å². The molecule has 86 valence electrons. The first kappa shape index (κ1) is 11.1. The Bertz CT molecular complexity index is 361. The van der Waals surface area contributed by atoms with Crippen LogP contribution < -0.4 is 5.73 Å². The highest BCUT2D eigenvalue weighted by Crippen LogP contribution is 2.24. The number of nitrogens with zero attached hydrogens (tertiary/aromatic N) is 1. The molecule has 1 saturated carbocycles. The number of ether oxygens (including phenoxy) is 1. The van der Waals surface area contributed by atoms with Crippen molar-refractivity contribution in [3.63, 3.8) is 0 Å². The smallest absolute Gasteiger partial charge is 0.125 e. The first-order valence-corrected chi connectivity index (χ1v) is 5.72.